The Balaban J connectivity index is 2.16. The highest BCUT2D eigenvalue weighted by Gasteiger charge is 2.19. The van der Waals surface area contributed by atoms with Gasteiger partial charge in [0, 0.05) is 6.08 Å². The van der Waals surface area contributed by atoms with Crippen LogP contribution in [0.25, 0.3) is 5.53 Å². The van der Waals surface area contributed by atoms with E-state index in [4.69, 9.17) is 5.53 Å². The Kier molecular flexibility index (Phi) is 2.91. The van der Waals surface area contributed by atoms with E-state index in [0.29, 0.717) is 0 Å². The summed E-state index contributed by atoms with van der Waals surface area (Å²) in [5.41, 5.74) is 10.8. The zero-order valence-electron chi connectivity index (χ0n) is 8.38. The number of hydrogen-bond acceptors (Lipinski definition) is 0. The maximum absolute atomic E-state index is 8.84. The molecule has 2 nitrogen and oxygen atoms in total. The molecule has 15 heavy (non-hydrogen) atoms. The summed E-state index contributed by atoms with van der Waals surface area (Å²) in [5, 5.41) is 0. The van der Waals surface area contributed by atoms with E-state index >= 15 is 0 Å². The van der Waals surface area contributed by atoms with Crippen LogP contribution in [0.2, 0.25) is 0 Å². The van der Waals surface area contributed by atoms with Gasteiger partial charge in [-0.05, 0) is 12.0 Å². The highest BCUT2D eigenvalue weighted by molar-refractivity contribution is 5.95. The number of hydrogen-bond donors (Lipinski definition) is 0. The third-order valence-electron chi connectivity index (χ3n) is 2.52. The highest BCUT2D eigenvalue weighted by atomic mass is 14.9. The van der Waals surface area contributed by atoms with Crippen molar-refractivity contribution in [3.05, 3.63) is 65.7 Å². The van der Waals surface area contributed by atoms with Crippen LogP contribution in [0.1, 0.15) is 5.56 Å². The smallest absolute Gasteiger partial charge is 0.299 e. The summed E-state index contributed by atoms with van der Waals surface area (Å²) in [4.78, 5) is 3.30. The van der Waals surface area contributed by atoms with E-state index in [2.05, 4.69) is 23.0 Å². The number of rotatable bonds is 2. The average molecular weight is 196 g/mol. The maximum Gasteiger partial charge on any atom is 0.299 e. The van der Waals surface area contributed by atoms with Gasteiger partial charge in [0.15, 0.2) is 0 Å². The van der Waals surface area contributed by atoms with Crippen molar-refractivity contribution in [2.45, 2.75) is 6.42 Å². The molecule has 2 heteroatoms. The van der Waals surface area contributed by atoms with E-state index in [1.165, 1.54) is 5.56 Å². The molecular formula is C13H12N2. The third-order valence-corrected chi connectivity index (χ3v) is 2.52. The summed E-state index contributed by atoms with van der Waals surface area (Å²) in [6.07, 6.45) is 8.65. The van der Waals surface area contributed by atoms with Gasteiger partial charge in [-0.15, -0.1) is 0 Å². The molecule has 0 saturated carbocycles. The van der Waals surface area contributed by atoms with Gasteiger partial charge in [0.2, 0.25) is 0 Å². The van der Waals surface area contributed by atoms with E-state index in [-0.39, 0.29) is 5.92 Å². The van der Waals surface area contributed by atoms with Crippen molar-refractivity contribution in [1.29, 1.82) is 0 Å². The summed E-state index contributed by atoms with van der Waals surface area (Å²) in [5.74, 6) is 0.183. The minimum Gasteiger partial charge on any atom is -0.361 e. The van der Waals surface area contributed by atoms with Crippen molar-refractivity contribution in [1.82, 2.24) is 0 Å². The zero-order valence-corrected chi connectivity index (χ0v) is 8.38. The Bertz CT molecular complexity index is 437. The van der Waals surface area contributed by atoms with Gasteiger partial charge < -0.3 is 5.53 Å². The first-order chi connectivity index (χ1) is 7.40. The van der Waals surface area contributed by atoms with Crippen LogP contribution in [0, 0.1) is 5.92 Å². The predicted octanol–water partition coefficient (Wildman–Crippen LogP) is 2.64. The minimum absolute atomic E-state index is 0.183. The molecule has 1 aromatic carbocycles. The lowest BCUT2D eigenvalue weighted by atomic mass is 9.91. The Labute approximate surface area is 89.2 Å². The third kappa shape index (κ3) is 2.30. The van der Waals surface area contributed by atoms with E-state index in [1.54, 1.807) is 0 Å². The van der Waals surface area contributed by atoms with Crippen molar-refractivity contribution in [2.75, 3.05) is 0 Å². The highest BCUT2D eigenvalue weighted by Crippen LogP contribution is 2.14. The predicted molar refractivity (Wildman–Crippen MR) is 60.5 cm³/mol. The maximum atomic E-state index is 8.84. The van der Waals surface area contributed by atoms with E-state index in [1.807, 2.05) is 36.4 Å². The zero-order chi connectivity index (χ0) is 10.5. The molecule has 0 fully saturated rings. The fourth-order valence-corrected chi connectivity index (χ4v) is 1.72. The van der Waals surface area contributed by atoms with Gasteiger partial charge >= 0.3 is 0 Å². The topological polar surface area (TPSA) is 36.4 Å². The second-order valence-corrected chi connectivity index (χ2v) is 3.57. The van der Waals surface area contributed by atoms with E-state index in [9.17, 15) is 0 Å². The molecule has 74 valence electrons. The van der Waals surface area contributed by atoms with Crippen LogP contribution in [0.5, 0.6) is 0 Å². The van der Waals surface area contributed by atoms with Crippen molar-refractivity contribution >= 4 is 5.71 Å². The van der Waals surface area contributed by atoms with Crippen molar-refractivity contribution in [2.24, 2.45) is 5.92 Å². The van der Waals surface area contributed by atoms with Crippen LogP contribution in [-0.2, 0) is 6.42 Å². The van der Waals surface area contributed by atoms with Gasteiger partial charge in [-0.25, -0.2) is 0 Å². The van der Waals surface area contributed by atoms with Gasteiger partial charge in [0.25, 0.3) is 5.71 Å². The van der Waals surface area contributed by atoms with Gasteiger partial charge in [-0.1, -0.05) is 48.6 Å². The van der Waals surface area contributed by atoms with E-state index in [0.717, 1.165) is 12.1 Å². The second kappa shape index (κ2) is 4.54. The van der Waals surface area contributed by atoms with Gasteiger partial charge in [0.1, 0.15) is 0 Å². The molecule has 1 aliphatic carbocycles. The van der Waals surface area contributed by atoms with Gasteiger partial charge in [0.05, 0.1) is 5.92 Å². The van der Waals surface area contributed by atoms with Crippen molar-refractivity contribution in [3.63, 3.8) is 0 Å². The Morgan fingerprint density at radius 2 is 1.93 bits per heavy atom. The number of nitrogens with zero attached hydrogens (tertiary/aromatic N) is 2. The van der Waals surface area contributed by atoms with Gasteiger partial charge in [-0.3, -0.25) is 0 Å². The van der Waals surface area contributed by atoms with Crippen LogP contribution in [0.4, 0.5) is 0 Å². The fourth-order valence-electron chi connectivity index (χ4n) is 1.72. The van der Waals surface area contributed by atoms with Crippen LogP contribution in [0.3, 0.4) is 0 Å². The molecule has 2 rings (SSSR count). The van der Waals surface area contributed by atoms with Crippen molar-refractivity contribution < 1.29 is 4.79 Å². The lowest BCUT2D eigenvalue weighted by Crippen LogP contribution is -2.15. The summed E-state index contributed by atoms with van der Waals surface area (Å²) >= 11 is 0. The second-order valence-electron chi connectivity index (χ2n) is 3.57. The first-order valence-electron chi connectivity index (χ1n) is 5.01. The Morgan fingerprint density at radius 1 is 1.13 bits per heavy atom. The molecule has 0 bridgehead atoms. The molecule has 0 N–H and O–H groups in total. The number of allylic oxidation sites excluding steroid dienone is 4. The SMILES string of the molecule is [N-]=[N+]=C1C=CC=CC1Cc1ccccc1. The van der Waals surface area contributed by atoms with Crippen LogP contribution < -0.4 is 0 Å². The molecule has 0 radical (unpaired) electrons. The average Bonchev–Trinajstić information content (AvgIpc) is 2.31. The lowest BCUT2D eigenvalue weighted by Gasteiger charge is -2.08. The van der Waals surface area contributed by atoms with Gasteiger partial charge in [-0.2, -0.15) is 4.79 Å². The summed E-state index contributed by atoms with van der Waals surface area (Å²) in [6, 6.07) is 10.2. The van der Waals surface area contributed by atoms with Crippen molar-refractivity contribution in [3.8, 4) is 0 Å². The summed E-state index contributed by atoms with van der Waals surface area (Å²) < 4.78 is 0. The largest absolute Gasteiger partial charge is 0.361 e. The summed E-state index contributed by atoms with van der Waals surface area (Å²) in [7, 11) is 0. The first-order valence-corrected chi connectivity index (χ1v) is 5.01. The van der Waals surface area contributed by atoms with Crippen LogP contribution in [-0.4, -0.2) is 10.5 Å². The van der Waals surface area contributed by atoms with Crippen LogP contribution in [0.15, 0.2) is 54.6 Å². The Hall–Kier alpha value is -1.92. The molecule has 0 amide bonds. The molecule has 0 spiro atoms. The molecule has 1 atom stereocenters. The van der Waals surface area contributed by atoms with E-state index < -0.39 is 0 Å². The Morgan fingerprint density at radius 3 is 2.67 bits per heavy atom. The molecule has 0 heterocycles. The summed E-state index contributed by atoms with van der Waals surface area (Å²) in [6.45, 7) is 0. The minimum atomic E-state index is 0.183. The molecule has 1 aromatic rings. The first kappa shape index (κ1) is 9.63. The molecule has 0 saturated heterocycles. The quantitative estimate of drug-likeness (QED) is 0.515. The molecule has 0 aromatic heterocycles. The molecule has 1 aliphatic rings. The normalized spacial score (nSPS) is 18.9. The molecule has 1 unspecified atom stereocenters. The monoisotopic (exact) mass is 196 g/mol. The standard InChI is InChI=1S/C13H12N2/c14-15-13-9-5-4-8-12(13)10-11-6-2-1-3-7-11/h1-9,12H,10H2. The van der Waals surface area contributed by atoms with Crippen LogP contribution >= 0.6 is 0 Å². The number of benzene rings is 1. The molecule has 0 aliphatic heterocycles. The molecular weight excluding hydrogens is 184 g/mol. The fraction of sp³-hybridized carbons (Fsp3) is 0.154. The lowest BCUT2D eigenvalue weighted by molar-refractivity contribution is -0.00914.